The van der Waals surface area contributed by atoms with Crippen molar-refractivity contribution in [2.75, 3.05) is 6.54 Å². The third kappa shape index (κ3) is 3.91. The Labute approximate surface area is 153 Å². The lowest BCUT2D eigenvalue weighted by Crippen LogP contribution is -2.28. The summed E-state index contributed by atoms with van der Waals surface area (Å²) in [5.41, 5.74) is 3.10. The zero-order valence-electron chi connectivity index (χ0n) is 14.9. The van der Waals surface area contributed by atoms with Gasteiger partial charge in [-0.3, -0.25) is 4.68 Å². The minimum atomic E-state index is 0.284. The first-order valence-electron chi connectivity index (χ1n) is 9.04. The predicted molar refractivity (Wildman–Crippen MR) is 99.6 cm³/mol. The molecule has 1 aliphatic rings. The van der Waals surface area contributed by atoms with E-state index >= 15 is 0 Å². The molecule has 0 amide bonds. The van der Waals surface area contributed by atoms with E-state index in [-0.39, 0.29) is 6.04 Å². The smallest absolute Gasteiger partial charge is 0.145 e. The molecule has 4 rings (SSSR count). The number of nitrogens with zero attached hydrogens (tertiary/aromatic N) is 4. The summed E-state index contributed by atoms with van der Waals surface area (Å²) in [6, 6.07) is 8.31. The number of aryl methyl sites for hydroxylation is 1. The first-order chi connectivity index (χ1) is 12.8. The summed E-state index contributed by atoms with van der Waals surface area (Å²) >= 11 is 0. The van der Waals surface area contributed by atoms with Gasteiger partial charge in [0.25, 0.3) is 0 Å². The summed E-state index contributed by atoms with van der Waals surface area (Å²) in [4.78, 5) is 9.16. The second-order valence-corrected chi connectivity index (χ2v) is 6.67. The van der Waals surface area contributed by atoms with E-state index in [1.807, 2.05) is 56.1 Å². The second-order valence-electron chi connectivity index (χ2n) is 6.67. The summed E-state index contributed by atoms with van der Waals surface area (Å²) in [5.74, 6) is 1.71. The van der Waals surface area contributed by atoms with Crippen LogP contribution in [-0.4, -0.2) is 26.3 Å². The van der Waals surface area contributed by atoms with Gasteiger partial charge >= 0.3 is 0 Å². The third-order valence-corrected chi connectivity index (χ3v) is 4.63. The van der Waals surface area contributed by atoms with E-state index in [1.54, 1.807) is 4.68 Å². The molecule has 0 radical (unpaired) electrons. The van der Waals surface area contributed by atoms with Gasteiger partial charge in [-0.2, -0.15) is 5.10 Å². The zero-order chi connectivity index (χ0) is 17.8. The highest BCUT2D eigenvalue weighted by molar-refractivity contribution is 5.63. The van der Waals surface area contributed by atoms with Crippen LogP contribution in [0.1, 0.15) is 36.7 Å². The van der Waals surface area contributed by atoms with Gasteiger partial charge < -0.3 is 10.1 Å². The molecule has 26 heavy (non-hydrogen) atoms. The van der Waals surface area contributed by atoms with E-state index < -0.39 is 0 Å². The highest BCUT2D eigenvalue weighted by Gasteiger charge is 2.17. The molecular weight excluding hydrogens is 326 g/mol. The standard InChI is InChI=1S/C20H23N5O/c1-25-13-15(10-24-25)14-26-18-6-4-5-16(9-18)17-11-22-20(23-12-17)19-7-2-3-8-21-19/h4-6,9-13,19,21H,2-3,7-8,14H2,1H3. The highest BCUT2D eigenvalue weighted by atomic mass is 16.5. The van der Waals surface area contributed by atoms with Crippen molar-refractivity contribution in [2.24, 2.45) is 7.05 Å². The second kappa shape index (κ2) is 7.66. The molecule has 134 valence electrons. The number of hydrogen-bond acceptors (Lipinski definition) is 5. The van der Waals surface area contributed by atoms with Crippen molar-refractivity contribution in [1.29, 1.82) is 0 Å². The number of rotatable bonds is 5. The lowest BCUT2D eigenvalue weighted by atomic mass is 10.0. The normalized spacial score (nSPS) is 17.2. The molecule has 1 atom stereocenters. The van der Waals surface area contributed by atoms with Crippen LogP contribution in [0.4, 0.5) is 0 Å². The molecule has 6 nitrogen and oxygen atoms in total. The van der Waals surface area contributed by atoms with Crippen molar-refractivity contribution in [3.63, 3.8) is 0 Å². The van der Waals surface area contributed by atoms with Gasteiger partial charge in [0.05, 0.1) is 12.2 Å². The number of ether oxygens (including phenoxy) is 1. The summed E-state index contributed by atoms with van der Waals surface area (Å²) in [6.07, 6.45) is 11.2. The molecule has 3 heterocycles. The summed E-state index contributed by atoms with van der Waals surface area (Å²) in [6.45, 7) is 1.55. The Morgan fingerprint density at radius 1 is 1.15 bits per heavy atom. The van der Waals surface area contributed by atoms with Crippen molar-refractivity contribution >= 4 is 0 Å². The van der Waals surface area contributed by atoms with Gasteiger partial charge in [0.2, 0.25) is 0 Å². The lowest BCUT2D eigenvalue weighted by molar-refractivity contribution is 0.306. The van der Waals surface area contributed by atoms with Gasteiger partial charge in [-0.1, -0.05) is 18.6 Å². The molecule has 0 saturated carbocycles. The van der Waals surface area contributed by atoms with E-state index in [1.165, 1.54) is 12.8 Å². The molecule has 1 aromatic carbocycles. The molecule has 3 aromatic rings. The van der Waals surface area contributed by atoms with Crippen molar-refractivity contribution in [1.82, 2.24) is 25.1 Å². The fraction of sp³-hybridized carbons (Fsp3) is 0.350. The Balaban J connectivity index is 1.45. The molecule has 2 aromatic heterocycles. The van der Waals surface area contributed by atoms with Crippen molar-refractivity contribution in [3.8, 4) is 16.9 Å². The Bertz CT molecular complexity index is 853. The fourth-order valence-electron chi connectivity index (χ4n) is 3.22. The van der Waals surface area contributed by atoms with E-state index in [4.69, 9.17) is 4.74 Å². The number of nitrogens with one attached hydrogen (secondary N) is 1. The van der Waals surface area contributed by atoms with Crippen LogP contribution in [0.3, 0.4) is 0 Å². The molecule has 1 fully saturated rings. The Hall–Kier alpha value is -2.73. The van der Waals surface area contributed by atoms with Crippen LogP contribution in [-0.2, 0) is 13.7 Å². The summed E-state index contributed by atoms with van der Waals surface area (Å²) in [5, 5.41) is 7.64. The summed E-state index contributed by atoms with van der Waals surface area (Å²) < 4.78 is 7.66. The van der Waals surface area contributed by atoms with E-state index in [9.17, 15) is 0 Å². The van der Waals surface area contributed by atoms with Gasteiger partial charge in [-0.25, -0.2) is 9.97 Å². The van der Waals surface area contributed by atoms with Crippen LogP contribution < -0.4 is 10.1 Å². The number of aromatic nitrogens is 4. The maximum absolute atomic E-state index is 5.88. The Morgan fingerprint density at radius 2 is 2.04 bits per heavy atom. The van der Waals surface area contributed by atoms with Crippen molar-refractivity contribution in [3.05, 3.63) is 60.4 Å². The largest absolute Gasteiger partial charge is 0.489 e. The van der Waals surface area contributed by atoms with Crippen LogP contribution in [0.15, 0.2) is 49.1 Å². The first-order valence-corrected chi connectivity index (χ1v) is 9.04. The average molecular weight is 349 g/mol. The zero-order valence-corrected chi connectivity index (χ0v) is 14.9. The summed E-state index contributed by atoms with van der Waals surface area (Å²) in [7, 11) is 1.90. The lowest BCUT2D eigenvalue weighted by Gasteiger charge is -2.21. The fourth-order valence-corrected chi connectivity index (χ4v) is 3.22. The first kappa shape index (κ1) is 16.7. The SMILES string of the molecule is Cn1cc(COc2cccc(-c3cnc(C4CCCCN4)nc3)c2)cn1. The van der Waals surface area contributed by atoms with E-state index in [2.05, 4.69) is 20.4 Å². The van der Waals surface area contributed by atoms with Crippen LogP contribution >= 0.6 is 0 Å². The van der Waals surface area contributed by atoms with Crippen molar-refractivity contribution < 1.29 is 4.74 Å². The topological polar surface area (TPSA) is 64.9 Å². The average Bonchev–Trinajstić information content (AvgIpc) is 3.13. The quantitative estimate of drug-likeness (QED) is 0.766. The molecule has 6 heteroatoms. The molecule has 1 unspecified atom stereocenters. The van der Waals surface area contributed by atoms with Gasteiger partial charge in [-0.05, 0) is 37.1 Å². The van der Waals surface area contributed by atoms with Crippen LogP contribution in [0.25, 0.3) is 11.1 Å². The minimum absolute atomic E-state index is 0.284. The van der Waals surface area contributed by atoms with Gasteiger partial charge in [0.1, 0.15) is 18.2 Å². The van der Waals surface area contributed by atoms with Crippen LogP contribution in [0.2, 0.25) is 0 Å². The molecule has 0 spiro atoms. The van der Waals surface area contributed by atoms with E-state index in [0.29, 0.717) is 6.61 Å². The minimum Gasteiger partial charge on any atom is -0.489 e. The monoisotopic (exact) mass is 349 g/mol. The molecule has 1 N–H and O–H groups in total. The predicted octanol–water partition coefficient (Wildman–Crippen LogP) is 3.27. The third-order valence-electron chi connectivity index (χ3n) is 4.63. The van der Waals surface area contributed by atoms with Gasteiger partial charge in [0.15, 0.2) is 0 Å². The van der Waals surface area contributed by atoms with Crippen molar-refractivity contribution in [2.45, 2.75) is 31.9 Å². The molecule has 0 bridgehead atoms. The number of hydrogen-bond donors (Lipinski definition) is 1. The molecular formula is C20H23N5O. The van der Waals surface area contributed by atoms with Gasteiger partial charge in [0, 0.05) is 36.8 Å². The van der Waals surface area contributed by atoms with Crippen LogP contribution in [0.5, 0.6) is 5.75 Å². The maximum atomic E-state index is 5.88. The Morgan fingerprint density at radius 3 is 2.77 bits per heavy atom. The number of benzene rings is 1. The highest BCUT2D eigenvalue weighted by Crippen LogP contribution is 2.25. The Kier molecular flexibility index (Phi) is 4.93. The number of piperidine rings is 1. The van der Waals surface area contributed by atoms with Gasteiger partial charge in [-0.15, -0.1) is 0 Å². The molecule has 1 saturated heterocycles. The molecule has 1 aliphatic heterocycles. The maximum Gasteiger partial charge on any atom is 0.145 e. The van der Waals surface area contributed by atoms with Crippen LogP contribution in [0, 0.1) is 0 Å². The van der Waals surface area contributed by atoms with E-state index in [0.717, 1.165) is 41.2 Å². The molecule has 0 aliphatic carbocycles.